The van der Waals surface area contributed by atoms with E-state index in [2.05, 4.69) is 10.1 Å². The summed E-state index contributed by atoms with van der Waals surface area (Å²) < 4.78 is 50.5. The Morgan fingerprint density at radius 2 is 1.80 bits per heavy atom. The first kappa shape index (κ1) is 16.9. The molecule has 1 N–H and O–H groups in total. The van der Waals surface area contributed by atoms with Gasteiger partial charge in [0.25, 0.3) is 5.91 Å². The van der Waals surface area contributed by atoms with Gasteiger partial charge in [0.2, 0.25) is 6.79 Å². The monoisotopic (exact) mass is 353 g/mol. The standard InChI is InChI=1S/C17H14F3NO4/c18-17(19,20)25-13-4-2-12(3-5-13)16(22)21-8-7-11-1-6-14-15(9-11)24-10-23-14/h1-6,9H,7-8,10H2,(H,21,22). The highest BCUT2D eigenvalue weighted by Gasteiger charge is 2.31. The van der Waals surface area contributed by atoms with E-state index in [0.29, 0.717) is 24.5 Å². The van der Waals surface area contributed by atoms with Crippen LogP contribution in [-0.4, -0.2) is 25.6 Å². The third-order valence-electron chi connectivity index (χ3n) is 3.49. The molecule has 132 valence electrons. The lowest BCUT2D eigenvalue weighted by molar-refractivity contribution is -0.274. The van der Waals surface area contributed by atoms with Crippen molar-refractivity contribution in [3.63, 3.8) is 0 Å². The third-order valence-corrected chi connectivity index (χ3v) is 3.49. The molecule has 1 heterocycles. The summed E-state index contributed by atoms with van der Waals surface area (Å²) in [5, 5.41) is 2.71. The van der Waals surface area contributed by atoms with E-state index in [4.69, 9.17) is 9.47 Å². The number of nitrogens with one attached hydrogen (secondary N) is 1. The van der Waals surface area contributed by atoms with Crippen LogP contribution in [0.4, 0.5) is 13.2 Å². The summed E-state index contributed by atoms with van der Waals surface area (Å²) in [4.78, 5) is 12.0. The highest BCUT2D eigenvalue weighted by atomic mass is 19.4. The van der Waals surface area contributed by atoms with Gasteiger partial charge in [-0.15, -0.1) is 13.2 Å². The molecule has 0 atom stereocenters. The van der Waals surface area contributed by atoms with Gasteiger partial charge >= 0.3 is 6.36 Å². The van der Waals surface area contributed by atoms with Gasteiger partial charge in [0.1, 0.15) is 5.75 Å². The normalized spacial score (nSPS) is 12.8. The van der Waals surface area contributed by atoms with Gasteiger partial charge in [-0.3, -0.25) is 4.79 Å². The number of ether oxygens (including phenoxy) is 3. The van der Waals surface area contributed by atoms with Crippen LogP contribution in [0.3, 0.4) is 0 Å². The molecular formula is C17H14F3NO4. The quantitative estimate of drug-likeness (QED) is 0.896. The molecule has 0 bridgehead atoms. The van der Waals surface area contributed by atoms with Crippen molar-refractivity contribution in [2.24, 2.45) is 0 Å². The van der Waals surface area contributed by atoms with E-state index < -0.39 is 6.36 Å². The largest absolute Gasteiger partial charge is 0.573 e. The molecule has 0 saturated heterocycles. The Morgan fingerprint density at radius 3 is 2.52 bits per heavy atom. The number of hydrogen-bond donors (Lipinski definition) is 1. The minimum absolute atomic E-state index is 0.198. The molecule has 0 unspecified atom stereocenters. The summed E-state index contributed by atoms with van der Waals surface area (Å²) >= 11 is 0. The molecule has 0 fully saturated rings. The summed E-state index contributed by atoms with van der Waals surface area (Å²) in [7, 11) is 0. The Hall–Kier alpha value is -2.90. The topological polar surface area (TPSA) is 56.8 Å². The average molecular weight is 353 g/mol. The minimum Gasteiger partial charge on any atom is -0.454 e. The molecule has 1 aliphatic heterocycles. The van der Waals surface area contributed by atoms with Crippen LogP contribution in [0.1, 0.15) is 15.9 Å². The Morgan fingerprint density at radius 1 is 1.08 bits per heavy atom. The van der Waals surface area contributed by atoms with Crippen LogP contribution in [0.5, 0.6) is 17.2 Å². The van der Waals surface area contributed by atoms with Crippen LogP contribution in [0, 0.1) is 0 Å². The number of halogens is 3. The fourth-order valence-electron chi connectivity index (χ4n) is 2.33. The Bertz CT molecular complexity index is 759. The summed E-state index contributed by atoms with van der Waals surface area (Å²) in [6, 6.07) is 10.3. The molecule has 0 saturated carbocycles. The van der Waals surface area contributed by atoms with Crippen LogP contribution in [0.25, 0.3) is 0 Å². The smallest absolute Gasteiger partial charge is 0.454 e. The van der Waals surface area contributed by atoms with Crippen LogP contribution < -0.4 is 19.5 Å². The lowest BCUT2D eigenvalue weighted by Crippen LogP contribution is -2.25. The molecule has 0 aromatic heterocycles. The van der Waals surface area contributed by atoms with E-state index in [1.165, 1.54) is 12.1 Å². The second-order valence-corrected chi connectivity index (χ2v) is 5.27. The predicted octanol–water partition coefficient (Wildman–Crippen LogP) is 3.29. The van der Waals surface area contributed by atoms with E-state index in [1.807, 2.05) is 12.1 Å². The van der Waals surface area contributed by atoms with Crippen LogP contribution in [-0.2, 0) is 6.42 Å². The van der Waals surface area contributed by atoms with Crippen molar-refractivity contribution >= 4 is 5.91 Å². The van der Waals surface area contributed by atoms with Gasteiger partial charge in [-0.2, -0.15) is 0 Å². The second-order valence-electron chi connectivity index (χ2n) is 5.27. The molecule has 3 rings (SSSR count). The number of amides is 1. The molecule has 2 aromatic rings. The van der Waals surface area contributed by atoms with Gasteiger partial charge in [0, 0.05) is 12.1 Å². The van der Waals surface area contributed by atoms with Crippen LogP contribution >= 0.6 is 0 Å². The number of carbonyl (C=O) groups is 1. The zero-order valence-electron chi connectivity index (χ0n) is 12.9. The first-order valence-electron chi connectivity index (χ1n) is 7.43. The van der Waals surface area contributed by atoms with Crippen molar-refractivity contribution in [1.29, 1.82) is 0 Å². The highest BCUT2D eigenvalue weighted by molar-refractivity contribution is 5.94. The summed E-state index contributed by atoms with van der Waals surface area (Å²) in [5.41, 5.74) is 1.22. The van der Waals surface area contributed by atoms with Gasteiger partial charge < -0.3 is 19.5 Å². The molecule has 2 aromatic carbocycles. The van der Waals surface area contributed by atoms with Gasteiger partial charge in [-0.1, -0.05) is 6.07 Å². The number of carbonyl (C=O) groups excluding carboxylic acids is 1. The van der Waals surface area contributed by atoms with E-state index in [1.54, 1.807) is 6.07 Å². The fourth-order valence-corrected chi connectivity index (χ4v) is 2.33. The van der Waals surface area contributed by atoms with E-state index >= 15 is 0 Å². The average Bonchev–Trinajstić information content (AvgIpc) is 3.01. The van der Waals surface area contributed by atoms with E-state index in [0.717, 1.165) is 17.7 Å². The Balaban J connectivity index is 1.50. The molecule has 1 amide bonds. The van der Waals surface area contributed by atoms with Crippen molar-refractivity contribution in [3.8, 4) is 17.2 Å². The number of fused-ring (bicyclic) bond motifs is 1. The highest BCUT2D eigenvalue weighted by Crippen LogP contribution is 2.32. The van der Waals surface area contributed by atoms with Crippen molar-refractivity contribution < 1.29 is 32.2 Å². The molecule has 1 aliphatic rings. The first-order chi connectivity index (χ1) is 11.9. The molecule has 25 heavy (non-hydrogen) atoms. The summed E-state index contributed by atoms with van der Waals surface area (Å²) in [6.07, 6.45) is -4.17. The molecule has 0 radical (unpaired) electrons. The second kappa shape index (κ2) is 6.92. The third kappa shape index (κ3) is 4.56. The number of alkyl halides is 3. The summed E-state index contributed by atoms with van der Waals surface area (Å²) in [5.74, 6) is 0.613. The molecule has 8 heteroatoms. The maximum absolute atomic E-state index is 12.1. The molecule has 0 spiro atoms. The zero-order chi connectivity index (χ0) is 17.9. The lowest BCUT2D eigenvalue weighted by atomic mass is 10.1. The number of benzene rings is 2. The van der Waals surface area contributed by atoms with Crippen LogP contribution in [0.2, 0.25) is 0 Å². The van der Waals surface area contributed by atoms with Gasteiger partial charge in [-0.25, -0.2) is 0 Å². The predicted molar refractivity (Wildman–Crippen MR) is 81.7 cm³/mol. The summed E-state index contributed by atoms with van der Waals surface area (Å²) in [6.45, 7) is 0.572. The molecule has 5 nitrogen and oxygen atoms in total. The minimum atomic E-state index is -4.76. The fraction of sp³-hybridized carbons (Fsp3) is 0.235. The lowest BCUT2D eigenvalue weighted by Gasteiger charge is -2.09. The number of rotatable bonds is 5. The van der Waals surface area contributed by atoms with Crippen molar-refractivity contribution in [1.82, 2.24) is 5.32 Å². The Labute approximate surface area is 141 Å². The SMILES string of the molecule is O=C(NCCc1ccc2c(c1)OCO2)c1ccc(OC(F)(F)F)cc1. The maximum atomic E-state index is 12.1. The van der Waals surface area contributed by atoms with E-state index in [-0.39, 0.29) is 24.0 Å². The maximum Gasteiger partial charge on any atom is 0.573 e. The van der Waals surface area contributed by atoms with Gasteiger partial charge in [0.05, 0.1) is 0 Å². The van der Waals surface area contributed by atoms with E-state index in [9.17, 15) is 18.0 Å². The number of hydrogen-bond acceptors (Lipinski definition) is 4. The van der Waals surface area contributed by atoms with Crippen molar-refractivity contribution in [3.05, 3.63) is 53.6 Å². The van der Waals surface area contributed by atoms with Crippen LogP contribution in [0.15, 0.2) is 42.5 Å². The van der Waals surface area contributed by atoms with Gasteiger partial charge in [-0.05, 0) is 48.4 Å². The van der Waals surface area contributed by atoms with Gasteiger partial charge in [0.15, 0.2) is 11.5 Å². The first-order valence-corrected chi connectivity index (χ1v) is 7.43. The van der Waals surface area contributed by atoms with Crippen molar-refractivity contribution in [2.45, 2.75) is 12.8 Å². The van der Waals surface area contributed by atoms with Crippen molar-refractivity contribution in [2.75, 3.05) is 13.3 Å². The zero-order valence-corrected chi connectivity index (χ0v) is 12.9. The molecule has 0 aliphatic carbocycles. The Kier molecular flexibility index (Phi) is 4.69. The molecular weight excluding hydrogens is 339 g/mol.